The number of hydrogen-bond acceptors (Lipinski definition) is 7. The number of pyridine rings is 1. The van der Waals surface area contributed by atoms with Crippen LogP contribution in [-0.4, -0.2) is 103 Å². The van der Waals surface area contributed by atoms with Gasteiger partial charge in [0, 0.05) is 87.5 Å². The van der Waals surface area contributed by atoms with Crippen LogP contribution in [0.1, 0.15) is 74.3 Å². The van der Waals surface area contributed by atoms with Gasteiger partial charge >= 0.3 is 0 Å². The molecule has 11 nitrogen and oxygen atoms in total. The molecule has 3 N–H and O–H groups in total. The predicted octanol–water partition coefficient (Wildman–Crippen LogP) is 5.50. The number of fused-ring (bicyclic) bond motifs is 1. The molecule has 3 aromatic carbocycles. The van der Waals surface area contributed by atoms with Crippen molar-refractivity contribution < 1.29 is 19.2 Å². The summed E-state index contributed by atoms with van der Waals surface area (Å²) in [6.07, 6.45) is 10.3. The van der Waals surface area contributed by atoms with Crippen molar-refractivity contribution in [1.82, 2.24) is 19.7 Å². The third kappa shape index (κ3) is 9.70. The first-order valence-electron chi connectivity index (χ1n) is 19.0. The van der Waals surface area contributed by atoms with E-state index in [1.165, 1.54) is 38.3 Å². The molecule has 11 heteroatoms. The van der Waals surface area contributed by atoms with E-state index in [0.717, 1.165) is 38.2 Å². The number of primary amides is 1. The van der Waals surface area contributed by atoms with Crippen molar-refractivity contribution in [2.24, 2.45) is 5.73 Å². The minimum Gasteiger partial charge on any atom is -0.372 e. The number of nitrogens with one attached hydrogen (secondary N) is 1. The van der Waals surface area contributed by atoms with Gasteiger partial charge in [-0.3, -0.25) is 29.1 Å². The highest BCUT2D eigenvalue weighted by Crippen LogP contribution is 2.33. The van der Waals surface area contributed by atoms with E-state index in [0.29, 0.717) is 59.8 Å². The maximum atomic E-state index is 13.5. The first-order chi connectivity index (χ1) is 26.2. The minimum atomic E-state index is -0.560. The lowest BCUT2D eigenvalue weighted by Gasteiger charge is -2.32. The van der Waals surface area contributed by atoms with Crippen molar-refractivity contribution in [3.8, 4) is 11.3 Å². The number of likely N-dealkylation sites (N-methyl/N-ethyl adjacent to an activating group) is 2. The molecule has 0 unspecified atom stereocenters. The molecule has 0 atom stereocenters. The lowest BCUT2D eigenvalue weighted by atomic mass is 9.92. The van der Waals surface area contributed by atoms with E-state index < -0.39 is 5.91 Å². The summed E-state index contributed by atoms with van der Waals surface area (Å²) in [4.78, 5) is 62.8. The predicted molar refractivity (Wildman–Crippen MR) is 213 cm³/mol. The maximum absolute atomic E-state index is 13.5. The van der Waals surface area contributed by atoms with Crippen molar-refractivity contribution in [2.45, 2.75) is 44.9 Å². The van der Waals surface area contributed by atoms with E-state index in [1.54, 1.807) is 71.4 Å². The molecule has 0 spiro atoms. The van der Waals surface area contributed by atoms with Gasteiger partial charge in [-0.05, 0) is 105 Å². The molecule has 1 aromatic heterocycles. The Balaban J connectivity index is 0.000000426. The van der Waals surface area contributed by atoms with Crippen LogP contribution in [0, 0.1) is 0 Å². The first kappa shape index (κ1) is 38.2. The highest BCUT2D eigenvalue weighted by atomic mass is 16.2. The molecule has 1 aliphatic carbocycles. The van der Waals surface area contributed by atoms with Crippen LogP contribution in [0.15, 0.2) is 85.1 Å². The largest absolute Gasteiger partial charge is 0.372 e. The second-order valence-electron chi connectivity index (χ2n) is 14.4. The number of carbonyl (C=O) groups excluding carboxylic acids is 4. The summed E-state index contributed by atoms with van der Waals surface area (Å²) in [6, 6.07) is 24.4. The Bertz CT molecular complexity index is 1950. The Kier molecular flexibility index (Phi) is 12.7. The molecule has 2 saturated heterocycles. The van der Waals surface area contributed by atoms with Gasteiger partial charge in [0.2, 0.25) is 11.8 Å². The van der Waals surface area contributed by atoms with Gasteiger partial charge in [0.25, 0.3) is 11.8 Å². The van der Waals surface area contributed by atoms with Crippen LogP contribution in [0.5, 0.6) is 0 Å². The van der Waals surface area contributed by atoms with Crippen LogP contribution >= 0.6 is 0 Å². The van der Waals surface area contributed by atoms with Crippen LogP contribution < -0.4 is 16.0 Å². The molecule has 0 radical (unpaired) electrons. The summed E-state index contributed by atoms with van der Waals surface area (Å²) in [7, 11) is 3.51. The Morgan fingerprint density at radius 2 is 1.52 bits per heavy atom. The van der Waals surface area contributed by atoms with Crippen LogP contribution in [0.2, 0.25) is 0 Å². The van der Waals surface area contributed by atoms with Crippen molar-refractivity contribution in [1.29, 1.82) is 0 Å². The van der Waals surface area contributed by atoms with Gasteiger partial charge in [0.1, 0.15) is 0 Å². The van der Waals surface area contributed by atoms with Gasteiger partial charge in [-0.1, -0.05) is 30.3 Å². The van der Waals surface area contributed by atoms with Crippen molar-refractivity contribution in [2.75, 3.05) is 70.1 Å². The summed E-state index contributed by atoms with van der Waals surface area (Å²) < 4.78 is 0. The third-order valence-corrected chi connectivity index (χ3v) is 10.6. The Hall–Kier alpha value is -5.55. The highest BCUT2D eigenvalue weighted by Gasteiger charge is 2.23. The number of amides is 4. The number of carbonyl (C=O) groups is 4. The molecule has 0 saturated carbocycles. The number of benzene rings is 3. The zero-order chi connectivity index (χ0) is 38.0. The van der Waals surface area contributed by atoms with E-state index >= 15 is 0 Å². The van der Waals surface area contributed by atoms with Crippen LogP contribution in [0.25, 0.3) is 11.3 Å². The van der Waals surface area contributed by atoms with E-state index in [1.807, 2.05) is 23.1 Å². The van der Waals surface area contributed by atoms with Crippen LogP contribution in [0.4, 0.5) is 11.4 Å². The summed E-state index contributed by atoms with van der Waals surface area (Å²) in [6.45, 7) is 4.72. The number of piperazine rings is 1. The smallest absolute Gasteiger partial charge is 0.255 e. The van der Waals surface area contributed by atoms with E-state index in [-0.39, 0.29) is 17.7 Å². The SMILES string of the molecule is CN1CCN(CCN(C)C(=O)c2cccc(C(=O)Nc3ccc(N4CCCCC4)cc3-c3cc(C(N)=O)ccn3)c2)CC1=O.c1ccc2c(c1)CCCC2. The molecule has 282 valence electrons. The van der Waals surface area contributed by atoms with E-state index in [2.05, 4.69) is 39.5 Å². The molecule has 3 aliphatic rings. The molecular weight excluding hydrogens is 679 g/mol. The number of nitrogens with zero attached hydrogens (tertiary/aromatic N) is 5. The molecule has 2 aliphatic heterocycles. The van der Waals surface area contributed by atoms with Crippen molar-refractivity contribution in [3.05, 3.63) is 113 Å². The fourth-order valence-electron chi connectivity index (χ4n) is 7.21. The summed E-state index contributed by atoms with van der Waals surface area (Å²) >= 11 is 0. The van der Waals surface area contributed by atoms with Gasteiger partial charge < -0.3 is 25.8 Å². The fourth-order valence-corrected chi connectivity index (χ4v) is 7.21. The number of piperidine rings is 1. The highest BCUT2D eigenvalue weighted by molar-refractivity contribution is 6.08. The first-order valence-corrected chi connectivity index (χ1v) is 19.0. The average molecular weight is 730 g/mol. The molecule has 4 aromatic rings. The fraction of sp³-hybridized carbons (Fsp3) is 0.372. The quantitative estimate of drug-likeness (QED) is 0.233. The lowest BCUT2D eigenvalue weighted by molar-refractivity contribution is -0.134. The van der Waals surface area contributed by atoms with Gasteiger partial charge in [-0.2, -0.15) is 0 Å². The van der Waals surface area contributed by atoms with E-state index in [4.69, 9.17) is 5.73 Å². The number of nitrogens with two attached hydrogens (primary N) is 1. The normalized spacial score (nSPS) is 15.8. The zero-order valence-corrected chi connectivity index (χ0v) is 31.4. The summed E-state index contributed by atoms with van der Waals surface area (Å²) in [5.41, 5.74) is 12.5. The van der Waals surface area contributed by atoms with Crippen LogP contribution in [0.3, 0.4) is 0 Å². The maximum Gasteiger partial charge on any atom is 0.255 e. The number of aryl methyl sites for hydroxylation is 2. The molecular formula is C43H51N7O4. The van der Waals surface area contributed by atoms with Gasteiger partial charge in [-0.25, -0.2) is 0 Å². The van der Waals surface area contributed by atoms with Crippen LogP contribution in [-0.2, 0) is 17.6 Å². The summed E-state index contributed by atoms with van der Waals surface area (Å²) in [5.74, 6) is -1.07. The third-order valence-electron chi connectivity index (χ3n) is 10.6. The number of aromatic nitrogens is 1. The van der Waals surface area contributed by atoms with Crippen molar-refractivity contribution >= 4 is 35.0 Å². The second-order valence-corrected chi connectivity index (χ2v) is 14.4. The Labute approximate surface area is 318 Å². The van der Waals surface area contributed by atoms with Gasteiger partial charge in [0.05, 0.1) is 17.9 Å². The summed E-state index contributed by atoms with van der Waals surface area (Å²) in [5, 5.41) is 2.99. The van der Waals surface area contributed by atoms with Crippen molar-refractivity contribution in [3.63, 3.8) is 0 Å². The standard InChI is InChI=1S/C33H39N7O4.C10H12/c1-37-15-17-39(22-30(37)41)18-16-38(2)33(44)25-8-6-7-24(19-25)32(43)36-28-10-9-26(40-13-4-3-5-14-40)21-27(28)29-20-23(31(34)42)11-12-35-29;1-2-6-10-8-4-3-7-9(10)5-1/h6-12,19-21H,3-5,13-18,22H2,1-2H3,(H2,34,42)(H,36,43);1-2,5-6H,3-4,7-8H2. The Morgan fingerprint density at radius 1 is 0.796 bits per heavy atom. The topological polar surface area (TPSA) is 132 Å². The molecule has 54 heavy (non-hydrogen) atoms. The second kappa shape index (κ2) is 18.0. The number of anilines is 2. The lowest BCUT2D eigenvalue weighted by Crippen LogP contribution is -2.50. The minimum absolute atomic E-state index is 0.0737. The molecule has 7 rings (SSSR count). The van der Waals surface area contributed by atoms with Gasteiger partial charge in [0.15, 0.2) is 0 Å². The number of rotatable bonds is 9. The zero-order valence-electron chi connectivity index (χ0n) is 31.4. The number of hydrogen-bond donors (Lipinski definition) is 2. The molecule has 4 amide bonds. The molecule has 0 bridgehead atoms. The average Bonchev–Trinajstić information content (AvgIpc) is 3.21. The van der Waals surface area contributed by atoms with E-state index in [9.17, 15) is 19.2 Å². The van der Waals surface area contributed by atoms with Gasteiger partial charge in [-0.15, -0.1) is 0 Å². The Morgan fingerprint density at radius 3 is 2.22 bits per heavy atom. The molecule has 3 heterocycles. The molecule has 2 fully saturated rings. The monoisotopic (exact) mass is 729 g/mol.